The van der Waals surface area contributed by atoms with Gasteiger partial charge in [0.25, 0.3) is 0 Å². The summed E-state index contributed by atoms with van der Waals surface area (Å²) < 4.78 is 40.3. The number of benzene rings is 2. The second-order valence-electron chi connectivity index (χ2n) is 5.84. The Morgan fingerprint density at radius 2 is 1.92 bits per heavy atom. The monoisotopic (exact) mass is 352 g/mol. The number of hydrogen-bond acceptors (Lipinski definition) is 1. The summed E-state index contributed by atoms with van der Waals surface area (Å²) in [5.41, 5.74) is 3.29. The third-order valence-electron chi connectivity index (χ3n) is 3.85. The lowest BCUT2D eigenvalue weighted by Crippen LogP contribution is -2.17. The average molecular weight is 353 g/mol. The maximum absolute atomic E-state index is 12.9. The quantitative estimate of drug-likeness (QED) is 0.619. The van der Waals surface area contributed by atoms with Gasteiger partial charge in [-0.25, -0.2) is 4.98 Å². The van der Waals surface area contributed by atoms with Crippen molar-refractivity contribution in [2.45, 2.75) is 32.5 Å². The second-order valence-corrected chi connectivity index (χ2v) is 6.28. The molecule has 3 aromatic rings. The maximum Gasteiger partial charge on any atom is 0.396 e. The molecule has 126 valence electrons. The van der Waals surface area contributed by atoms with Gasteiger partial charge in [0.1, 0.15) is 12.2 Å². The van der Waals surface area contributed by atoms with E-state index in [0.29, 0.717) is 23.5 Å². The van der Waals surface area contributed by atoms with E-state index in [1.807, 2.05) is 37.3 Å². The van der Waals surface area contributed by atoms with E-state index in [1.54, 1.807) is 16.7 Å². The maximum atomic E-state index is 12.9. The first-order valence-corrected chi connectivity index (χ1v) is 7.96. The number of hydrogen-bond donors (Lipinski definition) is 0. The van der Waals surface area contributed by atoms with Crippen LogP contribution in [0.4, 0.5) is 13.2 Å². The lowest BCUT2D eigenvalue weighted by atomic mass is 10.1. The fraction of sp³-hybridized carbons (Fsp3) is 0.278. The third kappa shape index (κ3) is 3.90. The van der Waals surface area contributed by atoms with Gasteiger partial charge in [0.05, 0.1) is 11.0 Å². The number of fused-ring (bicyclic) bond motifs is 1. The van der Waals surface area contributed by atoms with Crippen molar-refractivity contribution >= 4 is 22.6 Å². The first-order chi connectivity index (χ1) is 11.3. The molecule has 0 saturated heterocycles. The van der Waals surface area contributed by atoms with Gasteiger partial charge in [-0.2, -0.15) is 13.2 Å². The van der Waals surface area contributed by atoms with Gasteiger partial charge < -0.3 is 4.57 Å². The molecule has 0 atom stereocenters. The van der Waals surface area contributed by atoms with E-state index in [2.05, 4.69) is 4.98 Å². The van der Waals surface area contributed by atoms with Crippen LogP contribution in [0.15, 0.2) is 42.5 Å². The summed E-state index contributed by atoms with van der Waals surface area (Å²) in [6.45, 7) is 2.34. The van der Waals surface area contributed by atoms with E-state index in [4.69, 9.17) is 11.6 Å². The second kappa shape index (κ2) is 6.48. The molecule has 0 aliphatic heterocycles. The number of aryl methyl sites for hydroxylation is 3. The number of imidazole rings is 1. The van der Waals surface area contributed by atoms with Crippen molar-refractivity contribution in [3.63, 3.8) is 0 Å². The lowest BCUT2D eigenvalue weighted by Gasteiger charge is -2.11. The van der Waals surface area contributed by atoms with E-state index in [9.17, 15) is 13.2 Å². The molecule has 0 unspecified atom stereocenters. The van der Waals surface area contributed by atoms with Crippen molar-refractivity contribution in [3.8, 4) is 0 Å². The smallest absolute Gasteiger partial charge is 0.327 e. The minimum atomic E-state index is -4.29. The molecule has 3 rings (SSSR count). The van der Waals surface area contributed by atoms with Crippen LogP contribution in [0.5, 0.6) is 0 Å². The van der Waals surface area contributed by atoms with Crippen molar-refractivity contribution in [2.24, 2.45) is 0 Å². The summed E-state index contributed by atoms with van der Waals surface area (Å²) in [4.78, 5) is 4.19. The van der Waals surface area contributed by atoms with E-state index in [0.717, 1.165) is 16.6 Å². The highest BCUT2D eigenvalue weighted by Crippen LogP contribution is 2.25. The topological polar surface area (TPSA) is 17.8 Å². The lowest BCUT2D eigenvalue weighted by molar-refractivity contribution is -0.128. The molecule has 0 radical (unpaired) electrons. The average Bonchev–Trinajstić information content (AvgIpc) is 2.80. The zero-order valence-corrected chi connectivity index (χ0v) is 13.8. The standard InChI is InChI=1S/C18H16ClF3N2/c1-12-5-6-15-16(9-12)24(17(23-15)11-18(20,21)22)8-7-13-3-2-4-14(19)10-13/h2-6,9-10H,7-8,11H2,1H3. The molecule has 0 N–H and O–H groups in total. The van der Waals surface area contributed by atoms with Crippen LogP contribution in [0.3, 0.4) is 0 Å². The summed E-state index contributed by atoms with van der Waals surface area (Å²) in [5, 5.41) is 0.620. The fourth-order valence-corrected chi connectivity index (χ4v) is 2.99. The summed E-state index contributed by atoms with van der Waals surface area (Å²) in [6, 6.07) is 12.9. The summed E-state index contributed by atoms with van der Waals surface area (Å²) in [5.74, 6) is 0.0464. The molecule has 0 bridgehead atoms. The predicted molar refractivity (Wildman–Crippen MR) is 89.4 cm³/mol. The molecule has 0 aliphatic rings. The minimum Gasteiger partial charge on any atom is -0.327 e. The van der Waals surface area contributed by atoms with Gasteiger partial charge in [-0.15, -0.1) is 0 Å². The van der Waals surface area contributed by atoms with Crippen LogP contribution >= 0.6 is 11.6 Å². The van der Waals surface area contributed by atoms with Crippen molar-refractivity contribution in [2.75, 3.05) is 0 Å². The molecular formula is C18H16ClF3N2. The van der Waals surface area contributed by atoms with Crippen molar-refractivity contribution < 1.29 is 13.2 Å². The zero-order valence-electron chi connectivity index (χ0n) is 13.1. The van der Waals surface area contributed by atoms with Gasteiger partial charge in [-0.3, -0.25) is 0 Å². The number of alkyl halides is 3. The van der Waals surface area contributed by atoms with Gasteiger partial charge in [-0.05, 0) is 48.7 Å². The molecule has 0 amide bonds. The number of halogens is 4. The molecule has 6 heteroatoms. The van der Waals surface area contributed by atoms with E-state index in [1.165, 1.54) is 0 Å². The van der Waals surface area contributed by atoms with Crippen LogP contribution in [-0.2, 0) is 19.4 Å². The van der Waals surface area contributed by atoms with Crippen molar-refractivity contribution in [1.82, 2.24) is 9.55 Å². The molecule has 2 aromatic carbocycles. The number of nitrogens with zero attached hydrogens (tertiary/aromatic N) is 2. The molecule has 0 fully saturated rings. The van der Waals surface area contributed by atoms with Crippen LogP contribution < -0.4 is 0 Å². The molecule has 24 heavy (non-hydrogen) atoms. The fourth-order valence-electron chi connectivity index (χ4n) is 2.78. The first kappa shape index (κ1) is 16.8. The Kier molecular flexibility index (Phi) is 4.54. The summed E-state index contributed by atoms with van der Waals surface area (Å²) >= 11 is 5.97. The Bertz CT molecular complexity index is 868. The minimum absolute atomic E-state index is 0.0464. The molecule has 1 heterocycles. The molecular weight excluding hydrogens is 337 g/mol. The molecule has 2 nitrogen and oxygen atoms in total. The Labute approximate surface area is 142 Å². The Morgan fingerprint density at radius 3 is 2.62 bits per heavy atom. The van der Waals surface area contributed by atoms with Gasteiger partial charge >= 0.3 is 6.18 Å². The third-order valence-corrected chi connectivity index (χ3v) is 4.09. The van der Waals surface area contributed by atoms with Gasteiger partial charge in [0, 0.05) is 11.6 Å². The van der Waals surface area contributed by atoms with Crippen LogP contribution in [0.25, 0.3) is 11.0 Å². The van der Waals surface area contributed by atoms with Crippen molar-refractivity contribution in [1.29, 1.82) is 0 Å². The van der Waals surface area contributed by atoms with Gasteiger partial charge in [-0.1, -0.05) is 29.8 Å². The highest BCUT2D eigenvalue weighted by Gasteiger charge is 2.31. The largest absolute Gasteiger partial charge is 0.396 e. The Morgan fingerprint density at radius 1 is 1.12 bits per heavy atom. The Hall–Kier alpha value is -2.01. The summed E-state index contributed by atoms with van der Waals surface area (Å²) in [7, 11) is 0. The van der Waals surface area contributed by atoms with Crippen LogP contribution in [0.2, 0.25) is 5.02 Å². The van der Waals surface area contributed by atoms with E-state index >= 15 is 0 Å². The Balaban J connectivity index is 1.96. The highest BCUT2D eigenvalue weighted by molar-refractivity contribution is 6.30. The molecule has 0 spiro atoms. The first-order valence-electron chi connectivity index (χ1n) is 7.59. The normalized spacial score (nSPS) is 12.0. The van der Waals surface area contributed by atoms with E-state index in [-0.39, 0.29) is 5.82 Å². The zero-order chi connectivity index (χ0) is 17.3. The number of aromatic nitrogens is 2. The molecule has 1 aromatic heterocycles. The van der Waals surface area contributed by atoms with Gasteiger partial charge in [0.2, 0.25) is 0 Å². The molecule has 0 aliphatic carbocycles. The number of rotatable bonds is 4. The highest BCUT2D eigenvalue weighted by atomic mass is 35.5. The van der Waals surface area contributed by atoms with Gasteiger partial charge in [0.15, 0.2) is 0 Å². The SMILES string of the molecule is Cc1ccc2nc(CC(F)(F)F)n(CCc3cccc(Cl)c3)c2c1. The summed E-state index contributed by atoms with van der Waals surface area (Å²) in [6.07, 6.45) is -4.73. The van der Waals surface area contributed by atoms with Crippen LogP contribution in [0.1, 0.15) is 17.0 Å². The van der Waals surface area contributed by atoms with Crippen LogP contribution in [0, 0.1) is 6.92 Å². The predicted octanol–water partition coefficient (Wildman–Crippen LogP) is 5.35. The van der Waals surface area contributed by atoms with Crippen LogP contribution in [-0.4, -0.2) is 15.7 Å². The van der Waals surface area contributed by atoms with E-state index < -0.39 is 12.6 Å². The molecule has 0 saturated carbocycles. The van der Waals surface area contributed by atoms with Crippen molar-refractivity contribution in [3.05, 3.63) is 64.4 Å².